The van der Waals surface area contributed by atoms with Gasteiger partial charge in [0.05, 0.1) is 25.7 Å². The molecule has 12 nitrogen and oxygen atoms in total. The van der Waals surface area contributed by atoms with Crippen molar-refractivity contribution in [2.24, 2.45) is 11.8 Å². The van der Waals surface area contributed by atoms with Gasteiger partial charge in [-0.1, -0.05) is 26.0 Å². The van der Waals surface area contributed by atoms with Crippen LogP contribution in [0.1, 0.15) is 45.6 Å². The van der Waals surface area contributed by atoms with E-state index in [4.69, 9.17) is 14.2 Å². The predicted octanol–water partition coefficient (Wildman–Crippen LogP) is 3.84. The van der Waals surface area contributed by atoms with Gasteiger partial charge in [0, 0.05) is 77.1 Å². The average Bonchev–Trinajstić information content (AvgIpc) is 3.46. The molecule has 0 aromatic heterocycles. The molecule has 1 aromatic carbocycles. The molecule has 0 saturated carbocycles. The summed E-state index contributed by atoms with van der Waals surface area (Å²) in [7, 11) is 2.02. The number of hydrogen-bond donors (Lipinski definition) is 1. The van der Waals surface area contributed by atoms with Crippen LogP contribution in [-0.2, 0) is 19.0 Å². The molecule has 1 aromatic rings. The lowest BCUT2D eigenvalue weighted by atomic mass is 9.91. The van der Waals surface area contributed by atoms with Crippen LogP contribution in [0.2, 0.25) is 0 Å². The van der Waals surface area contributed by atoms with Crippen LogP contribution in [0.5, 0.6) is 0 Å². The fourth-order valence-electron chi connectivity index (χ4n) is 6.93. The maximum Gasteiger partial charge on any atom is 0.410 e. The number of carbonyl (C=O) groups excluding carboxylic acids is 3. The van der Waals surface area contributed by atoms with Crippen LogP contribution in [0.25, 0.3) is 6.08 Å². The lowest BCUT2D eigenvalue weighted by Gasteiger charge is -2.33. The van der Waals surface area contributed by atoms with E-state index >= 15 is 4.39 Å². The number of hydrogen-bond acceptors (Lipinski definition) is 9. The van der Waals surface area contributed by atoms with Gasteiger partial charge in [-0.2, -0.15) is 0 Å². The zero-order valence-electron chi connectivity index (χ0n) is 30.0. The highest BCUT2D eigenvalue weighted by atomic mass is 19.1. The van der Waals surface area contributed by atoms with Crippen molar-refractivity contribution in [3.8, 4) is 0 Å². The summed E-state index contributed by atoms with van der Waals surface area (Å²) in [5.74, 6) is -1.44. The Bertz CT molecular complexity index is 1390. The van der Waals surface area contributed by atoms with E-state index in [0.29, 0.717) is 75.6 Å². The molecule has 0 spiro atoms. The minimum Gasteiger partial charge on any atom is -0.457 e. The van der Waals surface area contributed by atoms with Crippen LogP contribution in [-0.4, -0.2) is 147 Å². The molecular weight excluding hydrogens is 645 g/mol. The first-order valence-corrected chi connectivity index (χ1v) is 18.0. The van der Waals surface area contributed by atoms with Gasteiger partial charge < -0.3 is 34.0 Å². The van der Waals surface area contributed by atoms with E-state index in [2.05, 4.69) is 9.80 Å². The zero-order chi connectivity index (χ0) is 35.8. The Balaban J connectivity index is 1.31. The van der Waals surface area contributed by atoms with Crippen LogP contribution in [0.4, 0.5) is 19.7 Å². The summed E-state index contributed by atoms with van der Waals surface area (Å²) in [4.78, 5) is 49.0. The first-order chi connectivity index (χ1) is 24.0. The number of nitrogens with zero attached hydrogens (tertiary/aromatic N) is 5. The van der Waals surface area contributed by atoms with Crippen molar-refractivity contribution >= 4 is 29.9 Å². The monoisotopic (exact) mass is 699 g/mol. The largest absolute Gasteiger partial charge is 0.457 e. The van der Waals surface area contributed by atoms with E-state index < -0.39 is 30.1 Å². The Morgan fingerprint density at radius 2 is 1.72 bits per heavy atom. The second-order valence-corrected chi connectivity index (χ2v) is 14.2. The number of ether oxygens (including phenoxy) is 3. The zero-order valence-corrected chi connectivity index (χ0v) is 30.0. The molecule has 0 aliphatic carbocycles. The van der Waals surface area contributed by atoms with Crippen molar-refractivity contribution in [2.75, 3.05) is 90.6 Å². The molecule has 0 radical (unpaired) electrons. The quantitative estimate of drug-likeness (QED) is 0.335. The van der Waals surface area contributed by atoms with Gasteiger partial charge in [-0.15, -0.1) is 0 Å². The van der Waals surface area contributed by atoms with Gasteiger partial charge in [-0.3, -0.25) is 14.6 Å². The Morgan fingerprint density at radius 1 is 0.980 bits per heavy atom. The highest BCUT2D eigenvalue weighted by Gasteiger charge is 2.32. The molecule has 0 bridgehead atoms. The maximum atomic E-state index is 15.0. The van der Waals surface area contributed by atoms with Gasteiger partial charge in [0.1, 0.15) is 18.0 Å². The molecule has 3 fully saturated rings. The SMILES string of the molecule is C/C(=C\c1cc(F)cc(N2CCN(CCN3CCOCC3)C2=O)c1)[C@H]1OC(=O)C[C@H](O)CC[C@H](C)[C@@H](OC(=O)N2CCN(C)CC2)/C=C\[C@@H]1C. The van der Waals surface area contributed by atoms with Crippen LogP contribution >= 0.6 is 0 Å². The topological polar surface area (TPSA) is 115 Å². The van der Waals surface area contributed by atoms with E-state index in [1.807, 2.05) is 40.0 Å². The third kappa shape index (κ3) is 10.3. The molecular formula is C37H54FN5O7. The van der Waals surface area contributed by atoms with Crippen LogP contribution in [0, 0.1) is 17.7 Å². The van der Waals surface area contributed by atoms with Crippen molar-refractivity contribution in [3.05, 3.63) is 47.3 Å². The highest BCUT2D eigenvalue weighted by Crippen LogP contribution is 2.28. The number of aliphatic hydroxyl groups is 1. The molecule has 5 atom stereocenters. The Kier molecular flexibility index (Phi) is 13.3. The minimum absolute atomic E-state index is 0.0932. The Labute approximate surface area is 295 Å². The number of carbonyl (C=O) groups is 3. The third-order valence-electron chi connectivity index (χ3n) is 10.2. The van der Waals surface area contributed by atoms with Gasteiger partial charge in [-0.05, 0) is 68.1 Å². The van der Waals surface area contributed by atoms with Gasteiger partial charge in [-0.25, -0.2) is 14.0 Å². The summed E-state index contributed by atoms with van der Waals surface area (Å²) in [5.41, 5.74) is 1.66. The minimum atomic E-state index is -0.903. The fraction of sp³-hybridized carbons (Fsp3) is 0.649. The van der Waals surface area contributed by atoms with Gasteiger partial charge in [0.25, 0.3) is 0 Å². The summed E-state index contributed by atoms with van der Waals surface area (Å²) >= 11 is 0. The number of halogens is 1. The van der Waals surface area contributed by atoms with Crippen molar-refractivity contribution in [1.29, 1.82) is 0 Å². The second-order valence-electron chi connectivity index (χ2n) is 14.2. The molecule has 0 unspecified atom stereocenters. The lowest BCUT2D eigenvalue weighted by Crippen LogP contribution is -2.48. The highest BCUT2D eigenvalue weighted by molar-refractivity contribution is 5.94. The molecule has 3 amide bonds. The van der Waals surface area contributed by atoms with Gasteiger partial charge >= 0.3 is 18.1 Å². The summed E-state index contributed by atoms with van der Waals surface area (Å²) in [6.45, 7) is 13.9. The van der Waals surface area contributed by atoms with E-state index in [0.717, 1.165) is 32.7 Å². The number of amides is 3. The molecule has 13 heteroatoms. The molecule has 4 aliphatic rings. The normalized spacial score (nSPS) is 29.0. The van der Waals surface area contributed by atoms with Gasteiger partial charge in [0.15, 0.2) is 0 Å². The summed E-state index contributed by atoms with van der Waals surface area (Å²) in [6.07, 6.45) is 3.74. The van der Waals surface area contributed by atoms with Crippen molar-refractivity contribution < 1.29 is 38.1 Å². The van der Waals surface area contributed by atoms with E-state index in [1.165, 1.54) is 12.1 Å². The van der Waals surface area contributed by atoms with E-state index in [9.17, 15) is 19.5 Å². The van der Waals surface area contributed by atoms with Crippen LogP contribution < -0.4 is 4.90 Å². The smallest absolute Gasteiger partial charge is 0.410 e. The van der Waals surface area contributed by atoms with Crippen molar-refractivity contribution in [1.82, 2.24) is 19.6 Å². The lowest BCUT2D eigenvalue weighted by molar-refractivity contribution is -0.151. The molecule has 5 rings (SSSR count). The number of morpholine rings is 1. The first-order valence-electron chi connectivity index (χ1n) is 18.0. The number of esters is 1. The van der Waals surface area contributed by atoms with Crippen LogP contribution in [0.3, 0.4) is 0 Å². The predicted molar refractivity (Wildman–Crippen MR) is 188 cm³/mol. The average molecular weight is 700 g/mol. The molecule has 4 heterocycles. The summed E-state index contributed by atoms with van der Waals surface area (Å²) in [5, 5.41) is 10.7. The molecule has 1 N–H and O–H groups in total. The first kappa shape index (κ1) is 37.7. The number of cyclic esters (lactones) is 1. The second kappa shape index (κ2) is 17.6. The summed E-state index contributed by atoms with van der Waals surface area (Å²) in [6, 6.07) is 4.37. The molecule has 4 aliphatic heterocycles. The summed E-state index contributed by atoms with van der Waals surface area (Å²) < 4.78 is 32.4. The number of urea groups is 1. The van der Waals surface area contributed by atoms with E-state index in [-0.39, 0.29) is 30.4 Å². The van der Waals surface area contributed by atoms with Crippen LogP contribution in [0.15, 0.2) is 35.9 Å². The van der Waals surface area contributed by atoms with Crippen molar-refractivity contribution in [2.45, 2.75) is 58.3 Å². The third-order valence-corrected chi connectivity index (χ3v) is 10.2. The number of aliphatic hydroxyl groups excluding tert-OH is 1. The molecule has 3 saturated heterocycles. The molecule has 50 heavy (non-hydrogen) atoms. The number of anilines is 1. The standard InChI is InChI=1S/C37H54FN5O7/c1-26-5-7-32(44)25-34(45)50-35(27(2)6-8-33(26)49-37(47)42-12-9-39(4)10-13-42)28(3)21-29-22-30(38)24-31(23-29)43-16-15-41(36(43)46)14-11-40-17-19-48-20-18-40/h6,8,21-24,26-27,32-33,35,44H,5,7,9-20,25H2,1-4H3/b8-6-,28-21+/t26-,27-,32+,33-,35-/m0/s1. The number of rotatable bonds is 7. The Morgan fingerprint density at radius 3 is 2.46 bits per heavy atom. The van der Waals surface area contributed by atoms with E-state index in [1.54, 1.807) is 26.8 Å². The van der Waals surface area contributed by atoms with Crippen molar-refractivity contribution in [3.63, 3.8) is 0 Å². The number of likely N-dealkylation sites (N-methyl/N-ethyl adjacent to an activating group) is 1. The molecule has 276 valence electrons. The number of piperazine rings is 1. The van der Waals surface area contributed by atoms with Gasteiger partial charge in [0.2, 0.25) is 0 Å². The maximum absolute atomic E-state index is 15.0. The number of benzene rings is 1. The Hall–Kier alpha value is -3.52. The fourth-order valence-corrected chi connectivity index (χ4v) is 6.93.